The van der Waals surface area contributed by atoms with Crippen LogP contribution in [0.3, 0.4) is 0 Å². The van der Waals surface area contributed by atoms with Crippen molar-refractivity contribution in [2.45, 2.75) is 38.5 Å². The highest BCUT2D eigenvalue weighted by molar-refractivity contribution is 7.16. The van der Waals surface area contributed by atoms with E-state index in [2.05, 4.69) is 10.5 Å². The largest absolute Gasteiger partial charge is 0.324 e. The summed E-state index contributed by atoms with van der Waals surface area (Å²) in [6, 6.07) is 3.04. The van der Waals surface area contributed by atoms with Gasteiger partial charge in [0.2, 0.25) is 5.91 Å². The maximum atomic E-state index is 11.7. The van der Waals surface area contributed by atoms with Gasteiger partial charge in [-0.05, 0) is 24.8 Å². The van der Waals surface area contributed by atoms with Gasteiger partial charge < -0.3 is 0 Å². The fraction of sp³-hybridized carbons (Fsp3) is 0.538. The van der Waals surface area contributed by atoms with Crippen LogP contribution in [-0.4, -0.2) is 17.0 Å². The van der Waals surface area contributed by atoms with E-state index in [0.717, 1.165) is 24.2 Å². The maximum absolute atomic E-state index is 11.7. The molecular weight excluding hydrogens is 278 g/mol. The highest BCUT2D eigenvalue weighted by atomic mass is 32.1. The zero-order valence-corrected chi connectivity index (χ0v) is 11.9. The van der Waals surface area contributed by atoms with Crippen molar-refractivity contribution in [3.63, 3.8) is 0 Å². The summed E-state index contributed by atoms with van der Waals surface area (Å²) >= 11 is 1.03. The number of thiophene rings is 1. The van der Waals surface area contributed by atoms with Gasteiger partial charge in [-0.3, -0.25) is 14.9 Å². The number of nitro groups is 1. The van der Waals surface area contributed by atoms with Gasteiger partial charge in [-0.25, -0.2) is 5.43 Å². The molecule has 1 fully saturated rings. The van der Waals surface area contributed by atoms with Crippen LogP contribution in [0.2, 0.25) is 0 Å². The quantitative estimate of drug-likeness (QED) is 0.514. The fourth-order valence-corrected chi connectivity index (χ4v) is 3.07. The highest BCUT2D eigenvalue weighted by Crippen LogP contribution is 2.26. The normalized spacial score (nSPS) is 16.4. The maximum Gasteiger partial charge on any atom is 0.324 e. The molecule has 20 heavy (non-hydrogen) atoms. The van der Waals surface area contributed by atoms with Gasteiger partial charge in [0.15, 0.2) is 0 Å². The van der Waals surface area contributed by atoms with Crippen molar-refractivity contribution in [2.24, 2.45) is 11.0 Å². The van der Waals surface area contributed by atoms with E-state index in [9.17, 15) is 14.9 Å². The van der Waals surface area contributed by atoms with E-state index in [0.29, 0.717) is 17.2 Å². The number of hydrazone groups is 1. The first-order valence-electron chi connectivity index (χ1n) is 6.71. The SMILES string of the molecule is O=C(CC1CCCCC1)N/N=C/c1ccc([N+](=O)[O-])s1. The van der Waals surface area contributed by atoms with Crippen LogP contribution in [0.15, 0.2) is 17.2 Å². The molecule has 7 heteroatoms. The number of hydrogen-bond donors (Lipinski definition) is 1. The number of nitrogens with one attached hydrogen (secondary N) is 1. The molecule has 0 atom stereocenters. The summed E-state index contributed by atoms with van der Waals surface area (Å²) in [4.78, 5) is 22.4. The van der Waals surface area contributed by atoms with E-state index >= 15 is 0 Å². The number of nitrogens with zero attached hydrogens (tertiary/aromatic N) is 2. The Morgan fingerprint density at radius 3 is 2.85 bits per heavy atom. The average Bonchev–Trinajstić information content (AvgIpc) is 2.89. The Labute approximate surface area is 121 Å². The number of carbonyl (C=O) groups excluding carboxylic acids is 1. The van der Waals surface area contributed by atoms with Gasteiger partial charge in [0.1, 0.15) is 0 Å². The fourth-order valence-electron chi connectivity index (χ4n) is 2.38. The Morgan fingerprint density at radius 1 is 1.45 bits per heavy atom. The minimum atomic E-state index is -0.441. The van der Waals surface area contributed by atoms with Crippen LogP contribution in [0, 0.1) is 16.0 Å². The first kappa shape index (κ1) is 14.6. The van der Waals surface area contributed by atoms with E-state index in [1.807, 2.05) is 0 Å². The number of hydrogen-bond acceptors (Lipinski definition) is 5. The lowest BCUT2D eigenvalue weighted by Gasteiger charge is -2.20. The lowest BCUT2D eigenvalue weighted by atomic mass is 9.87. The van der Waals surface area contributed by atoms with Gasteiger partial charge in [-0.2, -0.15) is 5.10 Å². The summed E-state index contributed by atoms with van der Waals surface area (Å²) in [5, 5.41) is 14.4. The predicted molar refractivity (Wildman–Crippen MR) is 77.9 cm³/mol. The predicted octanol–water partition coefficient (Wildman–Crippen LogP) is 3.08. The van der Waals surface area contributed by atoms with Gasteiger partial charge in [-0.1, -0.05) is 30.6 Å². The van der Waals surface area contributed by atoms with Crippen molar-refractivity contribution in [2.75, 3.05) is 0 Å². The average molecular weight is 295 g/mol. The Kier molecular flexibility index (Phi) is 5.23. The molecule has 1 saturated carbocycles. The summed E-state index contributed by atoms with van der Waals surface area (Å²) < 4.78 is 0. The summed E-state index contributed by atoms with van der Waals surface area (Å²) in [6.45, 7) is 0. The molecule has 1 aromatic heterocycles. The van der Waals surface area contributed by atoms with Crippen LogP contribution in [0.1, 0.15) is 43.4 Å². The van der Waals surface area contributed by atoms with Crippen molar-refractivity contribution < 1.29 is 9.72 Å². The molecule has 1 amide bonds. The zero-order chi connectivity index (χ0) is 14.4. The van der Waals surface area contributed by atoms with Crippen LogP contribution in [0.5, 0.6) is 0 Å². The Balaban J connectivity index is 1.76. The molecule has 0 spiro atoms. The van der Waals surface area contributed by atoms with Crippen LogP contribution in [0.25, 0.3) is 0 Å². The van der Waals surface area contributed by atoms with Gasteiger partial charge in [0.25, 0.3) is 0 Å². The number of amides is 1. The molecule has 0 radical (unpaired) electrons. The van der Waals surface area contributed by atoms with Crippen LogP contribution < -0.4 is 5.43 Å². The van der Waals surface area contributed by atoms with Crippen molar-refractivity contribution in [1.82, 2.24) is 5.43 Å². The van der Waals surface area contributed by atoms with Crippen molar-refractivity contribution in [3.8, 4) is 0 Å². The molecule has 2 rings (SSSR count). The summed E-state index contributed by atoms with van der Waals surface area (Å²) in [6.07, 6.45) is 7.88. The van der Waals surface area contributed by atoms with Gasteiger partial charge in [-0.15, -0.1) is 0 Å². The Bertz CT molecular complexity index is 507. The second-order valence-corrected chi connectivity index (χ2v) is 6.03. The molecule has 108 valence electrons. The van der Waals surface area contributed by atoms with Crippen molar-refractivity contribution >= 4 is 28.5 Å². The molecule has 1 aliphatic rings. The monoisotopic (exact) mass is 295 g/mol. The van der Waals surface area contributed by atoms with Gasteiger partial charge in [0.05, 0.1) is 16.0 Å². The second-order valence-electron chi connectivity index (χ2n) is 4.93. The molecule has 0 saturated heterocycles. The molecule has 6 nitrogen and oxygen atoms in total. The van der Waals surface area contributed by atoms with Crippen LogP contribution in [0.4, 0.5) is 5.00 Å². The van der Waals surface area contributed by atoms with Crippen molar-refractivity contribution in [1.29, 1.82) is 0 Å². The molecule has 1 aliphatic carbocycles. The molecule has 0 unspecified atom stereocenters. The second kappa shape index (κ2) is 7.14. The smallest absolute Gasteiger partial charge is 0.273 e. The van der Waals surface area contributed by atoms with Crippen LogP contribution in [-0.2, 0) is 4.79 Å². The van der Waals surface area contributed by atoms with E-state index in [1.165, 1.54) is 31.5 Å². The molecular formula is C13H17N3O3S. The van der Waals surface area contributed by atoms with E-state index in [1.54, 1.807) is 6.07 Å². The summed E-state index contributed by atoms with van der Waals surface area (Å²) in [5.41, 5.74) is 2.48. The Morgan fingerprint density at radius 2 is 2.20 bits per heavy atom. The number of carbonyl (C=O) groups is 1. The van der Waals surface area contributed by atoms with E-state index in [4.69, 9.17) is 0 Å². The van der Waals surface area contributed by atoms with Gasteiger partial charge >= 0.3 is 5.00 Å². The summed E-state index contributed by atoms with van der Waals surface area (Å²) in [7, 11) is 0. The minimum Gasteiger partial charge on any atom is -0.273 e. The first-order chi connectivity index (χ1) is 9.65. The lowest BCUT2D eigenvalue weighted by Crippen LogP contribution is -2.22. The third-order valence-corrected chi connectivity index (χ3v) is 4.34. The van der Waals surface area contributed by atoms with Gasteiger partial charge in [0, 0.05) is 12.5 Å². The third-order valence-electron chi connectivity index (χ3n) is 3.37. The highest BCUT2D eigenvalue weighted by Gasteiger charge is 2.16. The Hall–Kier alpha value is -1.76. The summed E-state index contributed by atoms with van der Waals surface area (Å²) in [5.74, 6) is 0.390. The third kappa shape index (κ3) is 4.41. The molecule has 0 bridgehead atoms. The lowest BCUT2D eigenvalue weighted by molar-refractivity contribution is -0.380. The zero-order valence-electron chi connectivity index (χ0n) is 11.1. The molecule has 0 aromatic carbocycles. The minimum absolute atomic E-state index is 0.0694. The standard InChI is InChI=1S/C13H17N3O3S/c17-12(8-10-4-2-1-3-5-10)15-14-9-11-6-7-13(20-11)16(18)19/h6-7,9-10H,1-5,8H2,(H,15,17)/b14-9+. The molecule has 1 N–H and O–H groups in total. The topological polar surface area (TPSA) is 84.6 Å². The number of rotatable bonds is 5. The molecule has 1 aromatic rings. The first-order valence-corrected chi connectivity index (χ1v) is 7.53. The van der Waals surface area contributed by atoms with E-state index in [-0.39, 0.29) is 10.9 Å². The van der Waals surface area contributed by atoms with Crippen molar-refractivity contribution in [3.05, 3.63) is 27.1 Å². The molecule has 0 aliphatic heterocycles. The molecule has 1 heterocycles. The van der Waals surface area contributed by atoms with E-state index < -0.39 is 4.92 Å². The van der Waals surface area contributed by atoms with Crippen LogP contribution >= 0.6 is 11.3 Å².